The summed E-state index contributed by atoms with van der Waals surface area (Å²) in [6.45, 7) is 13.6. The minimum absolute atomic E-state index is 0.176. The molecule has 0 bridgehead atoms. The number of carbonyl (C=O) groups is 2. The number of hydrogen-bond acceptors (Lipinski definition) is 4. The lowest BCUT2D eigenvalue weighted by molar-refractivity contribution is -0.176. The number of rotatable bonds is 3. The van der Waals surface area contributed by atoms with E-state index in [2.05, 4.69) is 51.3 Å². The monoisotopic (exact) mass is 326 g/mol. The van der Waals surface area contributed by atoms with Crippen LogP contribution in [0.1, 0.15) is 39.2 Å². The van der Waals surface area contributed by atoms with E-state index in [1.807, 2.05) is 6.07 Å². The maximum Gasteiger partial charge on any atom is 0.330 e. The Balaban J connectivity index is -0.000000256. The fourth-order valence-corrected chi connectivity index (χ4v) is 0.838. The van der Waals surface area contributed by atoms with Crippen molar-refractivity contribution in [2.24, 2.45) is 0 Å². The second kappa shape index (κ2) is 15.9. The van der Waals surface area contributed by atoms with Gasteiger partial charge in [0, 0.05) is 11.1 Å². The standard InChI is InChI=1S/C9H12.2C4H6O2.H2O2/c1-8(2)9-6-4-3-5-7-9;2*1-3(2)4(5)6;1-2/h3-8H,1-2H3;2*1H2,2H3,(H,5,6);1-2H. The first kappa shape index (κ1) is 25.5. The minimum Gasteiger partial charge on any atom is -0.478 e. The van der Waals surface area contributed by atoms with Gasteiger partial charge in [0.25, 0.3) is 0 Å². The number of carboxylic acids is 2. The molecule has 0 unspecified atom stereocenters. The zero-order valence-corrected chi connectivity index (χ0v) is 14.0. The summed E-state index contributed by atoms with van der Waals surface area (Å²) in [4.78, 5) is 19.2. The number of aliphatic carboxylic acids is 2. The molecule has 6 nitrogen and oxygen atoms in total. The molecule has 23 heavy (non-hydrogen) atoms. The van der Waals surface area contributed by atoms with Crippen LogP contribution in [0, 0.1) is 0 Å². The molecule has 1 rings (SSSR count). The molecule has 0 aliphatic heterocycles. The third kappa shape index (κ3) is 19.6. The van der Waals surface area contributed by atoms with E-state index >= 15 is 0 Å². The molecule has 0 aliphatic rings. The van der Waals surface area contributed by atoms with Crippen LogP contribution in [0.15, 0.2) is 54.6 Å². The van der Waals surface area contributed by atoms with Crippen LogP contribution < -0.4 is 0 Å². The number of carboxylic acid groups (broad SMARTS) is 2. The van der Waals surface area contributed by atoms with Crippen LogP contribution in [0.3, 0.4) is 0 Å². The van der Waals surface area contributed by atoms with Crippen LogP contribution in [-0.4, -0.2) is 32.7 Å². The van der Waals surface area contributed by atoms with Gasteiger partial charge in [0.15, 0.2) is 0 Å². The third-order valence-corrected chi connectivity index (χ3v) is 2.20. The van der Waals surface area contributed by atoms with Crippen molar-refractivity contribution in [3.63, 3.8) is 0 Å². The van der Waals surface area contributed by atoms with Crippen molar-refractivity contribution < 1.29 is 30.3 Å². The van der Waals surface area contributed by atoms with E-state index in [0.29, 0.717) is 5.92 Å². The molecule has 0 radical (unpaired) electrons. The molecule has 0 atom stereocenters. The lowest BCUT2D eigenvalue weighted by atomic mass is 10.0. The SMILES string of the molecule is C=C(C)C(=O)O.C=C(C)C(=O)O.CC(C)c1ccccc1.OO. The second-order valence-corrected chi connectivity index (χ2v) is 4.74. The topological polar surface area (TPSA) is 115 Å². The van der Waals surface area contributed by atoms with E-state index in [1.165, 1.54) is 19.4 Å². The average molecular weight is 326 g/mol. The fraction of sp³-hybridized carbons (Fsp3) is 0.294. The van der Waals surface area contributed by atoms with E-state index in [0.717, 1.165) is 0 Å². The highest BCUT2D eigenvalue weighted by atomic mass is 17.0. The highest BCUT2D eigenvalue weighted by molar-refractivity contribution is 5.85. The molecular formula is C17H26O6. The van der Waals surface area contributed by atoms with Gasteiger partial charge >= 0.3 is 11.9 Å². The van der Waals surface area contributed by atoms with Crippen LogP contribution in [0.2, 0.25) is 0 Å². The predicted molar refractivity (Wildman–Crippen MR) is 90.7 cm³/mol. The molecule has 1 aromatic rings. The Hall–Kier alpha value is -2.44. The summed E-state index contributed by atoms with van der Waals surface area (Å²) in [5, 5.41) is 27.8. The fourth-order valence-electron chi connectivity index (χ4n) is 0.838. The summed E-state index contributed by atoms with van der Waals surface area (Å²) in [5.74, 6) is -1.21. The Kier molecular flexibility index (Phi) is 17.7. The minimum atomic E-state index is -0.935. The van der Waals surface area contributed by atoms with Gasteiger partial charge in [-0.15, -0.1) is 0 Å². The zero-order chi connectivity index (χ0) is 19.0. The first-order chi connectivity index (χ1) is 10.6. The Morgan fingerprint density at radius 2 is 1.13 bits per heavy atom. The molecule has 0 amide bonds. The van der Waals surface area contributed by atoms with E-state index in [-0.39, 0.29) is 11.1 Å². The predicted octanol–water partition coefficient (Wildman–Crippen LogP) is 4.12. The molecule has 0 aromatic heterocycles. The Labute approximate surface area is 137 Å². The molecular weight excluding hydrogens is 300 g/mol. The van der Waals surface area contributed by atoms with Crippen LogP contribution in [0.25, 0.3) is 0 Å². The van der Waals surface area contributed by atoms with Crippen molar-refractivity contribution in [1.29, 1.82) is 0 Å². The number of hydrogen-bond donors (Lipinski definition) is 4. The zero-order valence-electron chi connectivity index (χ0n) is 14.0. The van der Waals surface area contributed by atoms with E-state index in [4.69, 9.17) is 20.7 Å². The normalized spacial score (nSPS) is 8.13. The maximum atomic E-state index is 9.60. The van der Waals surface area contributed by atoms with Gasteiger partial charge in [0.2, 0.25) is 0 Å². The van der Waals surface area contributed by atoms with Crippen LogP contribution >= 0.6 is 0 Å². The molecule has 0 saturated carbocycles. The highest BCUT2D eigenvalue weighted by Crippen LogP contribution is 2.11. The lowest BCUT2D eigenvalue weighted by Crippen LogP contribution is -1.92. The van der Waals surface area contributed by atoms with E-state index in [1.54, 1.807) is 0 Å². The Bertz CT molecular complexity index is 429. The van der Waals surface area contributed by atoms with Crippen LogP contribution in [0.4, 0.5) is 0 Å². The van der Waals surface area contributed by atoms with Gasteiger partial charge in [-0.3, -0.25) is 10.5 Å². The largest absolute Gasteiger partial charge is 0.478 e. The van der Waals surface area contributed by atoms with E-state index in [9.17, 15) is 9.59 Å². The van der Waals surface area contributed by atoms with Gasteiger partial charge in [0.1, 0.15) is 0 Å². The van der Waals surface area contributed by atoms with Crippen LogP contribution in [0.5, 0.6) is 0 Å². The summed E-state index contributed by atoms with van der Waals surface area (Å²) in [5.41, 5.74) is 1.77. The molecule has 130 valence electrons. The van der Waals surface area contributed by atoms with Crippen molar-refractivity contribution in [1.82, 2.24) is 0 Å². The molecule has 0 saturated heterocycles. The smallest absolute Gasteiger partial charge is 0.330 e. The summed E-state index contributed by atoms with van der Waals surface area (Å²) in [7, 11) is 0. The second-order valence-electron chi connectivity index (χ2n) is 4.74. The Morgan fingerprint density at radius 1 is 0.870 bits per heavy atom. The average Bonchev–Trinajstić information content (AvgIpc) is 2.51. The van der Waals surface area contributed by atoms with Crippen molar-refractivity contribution in [3.8, 4) is 0 Å². The van der Waals surface area contributed by atoms with Crippen molar-refractivity contribution in [3.05, 3.63) is 60.2 Å². The Morgan fingerprint density at radius 3 is 1.26 bits per heavy atom. The third-order valence-electron chi connectivity index (χ3n) is 2.20. The van der Waals surface area contributed by atoms with Gasteiger partial charge in [-0.2, -0.15) is 0 Å². The van der Waals surface area contributed by atoms with Gasteiger partial charge in [0.05, 0.1) is 0 Å². The highest BCUT2D eigenvalue weighted by Gasteiger charge is 1.93. The summed E-state index contributed by atoms with van der Waals surface area (Å²) >= 11 is 0. The molecule has 1 aromatic carbocycles. The quantitative estimate of drug-likeness (QED) is 0.377. The van der Waals surface area contributed by atoms with Gasteiger partial charge in [-0.1, -0.05) is 57.3 Å². The lowest BCUT2D eigenvalue weighted by Gasteiger charge is -2.01. The van der Waals surface area contributed by atoms with E-state index < -0.39 is 11.9 Å². The maximum absolute atomic E-state index is 9.60. The first-order valence-corrected chi connectivity index (χ1v) is 6.62. The van der Waals surface area contributed by atoms with Gasteiger partial charge in [-0.05, 0) is 25.3 Å². The van der Waals surface area contributed by atoms with Crippen molar-refractivity contribution in [2.75, 3.05) is 0 Å². The molecule has 4 N–H and O–H groups in total. The summed E-state index contributed by atoms with van der Waals surface area (Å²) in [6.07, 6.45) is 0. The molecule has 0 fully saturated rings. The molecule has 0 heterocycles. The molecule has 0 spiro atoms. The molecule has 6 heteroatoms. The first-order valence-electron chi connectivity index (χ1n) is 6.62. The molecule has 0 aliphatic carbocycles. The van der Waals surface area contributed by atoms with Gasteiger partial charge in [-0.25, -0.2) is 9.59 Å². The number of benzene rings is 1. The summed E-state index contributed by atoms with van der Waals surface area (Å²) in [6, 6.07) is 10.5. The summed E-state index contributed by atoms with van der Waals surface area (Å²) < 4.78 is 0. The van der Waals surface area contributed by atoms with Crippen LogP contribution in [-0.2, 0) is 9.59 Å². The van der Waals surface area contributed by atoms with Crippen molar-refractivity contribution in [2.45, 2.75) is 33.6 Å². The van der Waals surface area contributed by atoms with Crippen molar-refractivity contribution >= 4 is 11.9 Å². The van der Waals surface area contributed by atoms with Gasteiger partial charge < -0.3 is 10.2 Å².